The van der Waals surface area contributed by atoms with Crippen molar-refractivity contribution in [2.24, 2.45) is 0 Å². The maximum Gasteiger partial charge on any atom is 0.416 e. The van der Waals surface area contributed by atoms with Crippen LogP contribution < -0.4 is 10.1 Å². The lowest BCUT2D eigenvalue weighted by molar-refractivity contribution is -0.137. The Balaban J connectivity index is 1.43. The molecule has 0 radical (unpaired) electrons. The molecule has 8 nitrogen and oxygen atoms in total. The zero-order chi connectivity index (χ0) is 27.4. The fourth-order valence-electron chi connectivity index (χ4n) is 4.98. The third kappa shape index (κ3) is 6.15. The van der Waals surface area contributed by atoms with Gasteiger partial charge in [0.15, 0.2) is 6.79 Å². The van der Waals surface area contributed by atoms with E-state index in [0.29, 0.717) is 34.9 Å². The van der Waals surface area contributed by atoms with Crippen LogP contribution in [0.15, 0.2) is 54.7 Å². The monoisotopic (exact) mass is 540 g/mol. The van der Waals surface area contributed by atoms with Crippen LogP contribution in [0.5, 0.6) is 5.75 Å². The van der Waals surface area contributed by atoms with Crippen LogP contribution in [0.25, 0.3) is 16.8 Å². The van der Waals surface area contributed by atoms with Crippen LogP contribution in [0.1, 0.15) is 36.5 Å². The lowest BCUT2D eigenvalue weighted by Crippen LogP contribution is -2.42. The molecule has 11 heteroatoms. The molecule has 1 aliphatic rings. The van der Waals surface area contributed by atoms with Gasteiger partial charge in [-0.2, -0.15) is 22.8 Å². The number of hydrogen-bond acceptors (Lipinski definition) is 7. The highest BCUT2D eigenvalue weighted by Gasteiger charge is 2.33. The third-order valence-corrected chi connectivity index (χ3v) is 6.78. The molecule has 0 amide bonds. The molecular weight excluding hydrogens is 509 g/mol. The van der Waals surface area contributed by atoms with E-state index < -0.39 is 11.7 Å². The van der Waals surface area contributed by atoms with Gasteiger partial charge in [-0.15, -0.1) is 10.2 Å². The van der Waals surface area contributed by atoms with E-state index in [4.69, 9.17) is 9.47 Å². The molecular formula is C28H31F3N6O2. The second-order valence-corrected chi connectivity index (χ2v) is 9.62. The van der Waals surface area contributed by atoms with Crippen molar-refractivity contribution in [3.05, 3.63) is 71.4 Å². The minimum absolute atomic E-state index is 0.0257. The fraction of sp³-hybridized carbons (Fsp3) is 0.393. The molecule has 1 aliphatic heterocycles. The zero-order valence-electron chi connectivity index (χ0n) is 21.9. The minimum Gasteiger partial charge on any atom is -0.467 e. The van der Waals surface area contributed by atoms with Crippen molar-refractivity contribution in [1.29, 1.82) is 0 Å². The van der Waals surface area contributed by atoms with Crippen molar-refractivity contribution >= 4 is 11.5 Å². The summed E-state index contributed by atoms with van der Waals surface area (Å²) < 4.78 is 53.2. The van der Waals surface area contributed by atoms with Gasteiger partial charge in [-0.3, -0.25) is 4.90 Å². The number of halogens is 3. The number of nitrogens with zero attached hydrogens (tertiary/aromatic N) is 5. The number of piperidine rings is 1. The number of aromatic nitrogens is 4. The first-order chi connectivity index (χ1) is 18.8. The molecule has 5 rings (SSSR count). The summed E-state index contributed by atoms with van der Waals surface area (Å²) in [5.74, 6) is 0.504. The van der Waals surface area contributed by atoms with Gasteiger partial charge < -0.3 is 14.8 Å². The van der Waals surface area contributed by atoms with E-state index >= 15 is 0 Å². The number of nitrogens with one attached hydrogen (secondary N) is 1. The molecule has 0 aliphatic carbocycles. The summed E-state index contributed by atoms with van der Waals surface area (Å²) >= 11 is 0. The molecule has 0 spiro atoms. The number of likely N-dealkylation sites (tertiary alicyclic amines) is 1. The Labute approximate surface area is 224 Å². The van der Waals surface area contributed by atoms with E-state index in [-0.39, 0.29) is 18.6 Å². The van der Waals surface area contributed by atoms with Crippen LogP contribution in [-0.2, 0) is 17.5 Å². The Bertz CT molecular complexity index is 1410. The number of rotatable bonds is 9. The van der Waals surface area contributed by atoms with Crippen LogP contribution in [0, 0.1) is 6.92 Å². The highest BCUT2D eigenvalue weighted by molar-refractivity contribution is 5.83. The lowest BCUT2D eigenvalue weighted by Gasteiger charge is -2.33. The highest BCUT2D eigenvalue weighted by Crippen LogP contribution is 2.40. The molecule has 3 heterocycles. The molecule has 1 saturated heterocycles. The van der Waals surface area contributed by atoms with Crippen LogP contribution in [-0.4, -0.2) is 57.2 Å². The second kappa shape index (κ2) is 11.6. The molecule has 1 N–H and O–H groups in total. The maximum atomic E-state index is 13.6. The van der Waals surface area contributed by atoms with Crippen molar-refractivity contribution in [3.8, 4) is 17.0 Å². The SMILES string of the molecule is CCOCOc1cc(C(F)(F)F)cc(C)c1-c1nnc(N[C@@H]2CCCN(Cc3ccccc3)C2)n2nccc12. The molecule has 39 heavy (non-hydrogen) atoms. The fourth-order valence-corrected chi connectivity index (χ4v) is 4.98. The van der Waals surface area contributed by atoms with E-state index in [1.54, 1.807) is 30.6 Å². The first kappa shape index (κ1) is 26.9. The van der Waals surface area contributed by atoms with Crippen molar-refractivity contribution in [2.75, 3.05) is 31.8 Å². The minimum atomic E-state index is -4.52. The molecule has 2 aromatic carbocycles. The van der Waals surface area contributed by atoms with Gasteiger partial charge in [-0.05, 0) is 62.6 Å². The number of ether oxygens (including phenoxy) is 2. The Morgan fingerprint density at radius 3 is 2.69 bits per heavy atom. The number of anilines is 1. The lowest BCUT2D eigenvalue weighted by atomic mass is 10.00. The first-order valence-electron chi connectivity index (χ1n) is 13.0. The standard InChI is InChI=1S/C28H31F3N6O2/c1-3-38-18-39-24-15-21(28(29,30)31)14-19(2)25(24)26-23-11-12-32-37(23)27(35-34-26)33-22-10-7-13-36(17-22)16-20-8-5-4-6-9-20/h4-6,8-9,11-12,14-15,22H,3,7,10,13,16-18H2,1-2H3,(H,33,35)/t22-/m1/s1. The Morgan fingerprint density at radius 2 is 1.92 bits per heavy atom. The number of fused-ring (bicyclic) bond motifs is 1. The summed E-state index contributed by atoms with van der Waals surface area (Å²) in [4.78, 5) is 2.41. The third-order valence-electron chi connectivity index (χ3n) is 6.78. The molecule has 1 fully saturated rings. The van der Waals surface area contributed by atoms with Crippen molar-refractivity contribution in [3.63, 3.8) is 0 Å². The van der Waals surface area contributed by atoms with E-state index in [1.807, 2.05) is 18.2 Å². The van der Waals surface area contributed by atoms with Crippen molar-refractivity contribution in [2.45, 2.75) is 45.5 Å². The van der Waals surface area contributed by atoms with Crippen LogP contribution >= 0.6 is 0 Å². The Morgan fingerprint density at radius 1 is 1.10 bits per heavy atom. The number of alkyl halides is 3. The molecule has 0 saturated carbocycles. The number of aryl methyl sites for hydroxylation is 1. The number of benzene rings is 2. The molecule has 0 unspecified atom stereocenters. The topological polar surface area (TPSA) is 76.8 Å². The average Bonchev–Trinajstić information content (AvgIpc) is 3.40. The van der Waals surface area contributed by atoms with Gasteiger partial charge in [0.2, 0.25) is 5.95 Å². The molecule has 2 aromatic heterocycles. The van der Waals surface area contributed by atoms with Gasteiger partial charge in [0, 0.05) is 31.3 Å². The Hall–Kier alpha value is -3.70. The summed E-state index contributed by atoms with van der Waals surface area (Å²) in [7, 11) is 0. The quantitative estimate of drug-likeness (QED) is 0.220. The van der Waals surface area contributed by atoms with Gasteiger partial charge in [-0.25, -0.2) is 0 Å². The van der Waals surface area contributed by atoms with E-state index in [0.717, 1.165) is 44.6 Å². The largest absolute Gasteiger partial charge is 0.467 e. The predicted octanol–water partition coefficient (Wildman–Crippen LogP) is 5.57. The highest BCUT2D eigenvalue weighted by atomic mass is 19.4. The molecule has 1 atom stereocenters. The molecule has 206 valence electrons. The van der Waals surface area contributed by atoms with Crippen LogP contribution in [0.3, 0.4) is 0 Å². The van der Waals surface area contributed by atoms with Gasteiger partial charge in [0.05, 0.1) is 17.3 Å². The predicted molar refractivity (Wildman–Crippen MR) is 141 cm³/mol. The van der Waals surface area contributed by atoms with Gasteiger partial charge >= 0.3 is 6.18 Å². The summed E-state index contributed by atoms with van der Waals surface area (Å²) in [6.45, 7) is 6.29. The van der Waals surface area contributed by atoms with Gasteiger partial charge in [0.1, 0.15) is 11.4 Å². The first-order valence-corrected chi connectivity index (χ1v) is 13.0. The second-order valence-electron chi connectivity index (χ2n) is 9.62. The van der Waals surface area contributed by atoms with E-state index in [2.05, 4.69) is 37.6 Å². The zero-order valence-corrected chi connectivity index (χ0v) is 21.9. The Kier molecular flexibility index (Phi) is 7.99. The smallest absolute Gasteiger partial charge is 0.416 e. The van der Waals surface area contributed by atoms with Gasteiger partial charge in [-0.1, -0.05) is 30.3 Å². The normalized spacial score (nSPS) is 16.5. The van der Waals surface area contributed by atoms with Crippen LogP contribution in [0.4, 0.5) is 19.1 Å². The van der Waals surface area contributed by atoms with E-state index in [9.17, 15) is 13.2 Å². The number of hydrogen-bond donors (Lipinski definition) is 1. The molecule has 4 aromatic rings. The summed E-state index contributed by atoms with van der Waals surface area (Å²) in [6, 6.07) is 14.3. The van der Waals surface area contributed by atoms with Crippen LogP contribution in [0.2, 0.25) is 0 Å². The van der Waals surface area contributed by atoms with Crippen molar-refractivity contribution in [1.82, 2.24) is 24.7 Å². The van der Waals surface area contributed by atoms with Crippen molar-refractivity contribution < 1.29 is 22.6 Å². The summed E-state index contributed by atoms with van der Waals surface area (Å²) in [6.07, 6.45) is -0.878. The van der Waals surface area contributed by atoms with Gasteiger partial charge in [0.25, 0.3) is 0 Å². The average molecular weight is 541 g/mol. The summed E-state index contributed by atoms with van der Waals surface area (Å²) in [5, 5.41) is 16.8. The van der Waals surface area contributed by atoms with E-state index in [1.165, 1.54) is 5.56 Å². The maximum absolute atomic E-state index is 13.6. The molecule has 0 bridgehead atoms. The summed E-state index contributed by atoms with van der Waals surface area (Å²) in [5.41, 5.74) is 2.23.